The second-order valence-electron chi connectivity index (χ2n) is 7.67. The van der Waals surface area contributed by atoms with Gasteiger partial charge in [0.25, 0.3) is 5.91 Å². The molecule has 0 saturated carbocycles. The van der Waals surface area contributed by atoms with Crippen LogP contribution < -0.4 is 10.6 Å². The number of hydrogen-bond acceptors (Lipinski definition) is 4. The van der Waals surface area contributed by atoms with Crippen LogP contribution in [0, 0.1) is 5.82 Å². The van der Waals surface area contributed by atoms with E-state index in [1.165, 1.54) is 23.8 Å². The number of nitrogens with one attached hydrogen (secondary N) is 2. The Labute approximate surface area is 201 Å². The number of carbonyl (C=O) groups is 1. The van der Waals surface area contributed by atoms with Crippen LogP contribution in [0.4, 0.5) is 10.1 Å². The molecule has 0 radical (unpaired) electrons. The Morgan fingerprint density at radius 1 is 1.18 bits per heavy atom. The van der Waals surface area contributed by atoms with Crippen molar-refractivity contribution in [2.45, 2.75) is 26.2 Å². The quantitative estimate of drug-likeness (QED) is 0.302. The highest BCUT2D eigenvalue weighted by atomic mass is 35.5. The van der Waals surface area contributed by atoms with Gasteiger partial charge in [-0.05, 0) is 78.7 Å². The molecule has 4 rings (SSSR count). The van der Waals surface area contributed by atoms with E-state index in [0.717, 1.165) is 18.0 Å². The number of amides is 1. The topological polar surface area (TPSA) is 67.2 Å². The van der Waals surface area contributed by atoms with Crippen LogP contribution in [0.2, 0.25) is 5.02 Å². The first-order chi connectivity index (χ1) is 15.8. The smallest absolute Gasteiger partial charge is 0.257 e. The predicted octanol–water partition coefficient (Wildman–Crippen LogP) is 6.93. The maximum absolute atomic E-state index is 13.4. The molecule has 33 heavy (non-hydrogen) atoms. The lowest BCUT2D eigenvalue weighted by Crippen LogP contribution is -2.34. The normalized spacial score (nSPS) is 11.9. The van der Waals surface area contributed by atoms with Crippen molar-refractivity contribution in [1.82, 2.24) is 10.3 Å². The lowest BCUT2D eigenvalue weighted by molar-refractivity contribution is 0.0977. The summed E-state index contributed by atoms with van der Waals surface area (Å²) in [4.78, 5) is 16.9. The average molecular weight is 482 g/mol. The summed E-state index contributed by atoms with van der Waals surface area (Å²) in [5.41, 5.74) is 4.01. The Bertz CT molecular complexity index is 1350. The summed E-state index contributed by atoms with van der Waals surface area (Å²) >= 11 is 11.5. The van der Waals surface area contributed by atoms with Gasteiger partial charge in [0.15, 0.2) is 10.7 Å². The number of nitrogens with zero attached hydrogens (tertiary/aromatic N) is 1. The molecule has 0 unspecified atom stereocenters. The number of aromatic nitrogens is 1. The molecule has 1 amide bonds. The highest BCUT2D eigenvalue weighted by molar-refractivity contribution is 7.80. The van der Waals surface area contributed by atoms with E-state index < -0.39 is 11.7 Å². The zero-order chi connectivity index (χ0) is 23.5. The van der Waals surface area contributed by atoms with Gasteiger partial charge in [0, 0.05) is 11.1 Å². The van der Waals surface area contributed by atoms with Crippen molar-refractivity contribution in [2.24, 2.45) is 0 Å². The van der Waals surface area contributed by atoms with Gasteiger partial charge in [-0.2, -0.15) is 0 Å². The van der Waals surface area contributed by atoms with Crippen LogP contribution in [0.3, 0.4) is 0 Å². The lowest BCUT2D eigenvalue weighted by atomic mass is 9.98. The number of carbonyl (C=O) groups excluding carboxylic acids is 1. The molecule has 4 aromatic rings. The molecule has 0 bridgehead atoms. The first-order valence-corrected chi connectivity index (χ1v) is 11.2. The van der Waals surface area contributed by atoms with Gasteiger partial charge in [0.2, 0.25) is 5.89 Å². The number of benzene rings is 3. The number of halogens is 2. The molecule has 1 atom stereocenters. The second-order valence-corrected chi connectivity index (χ2v) is 8.48. The van der Waals surface area contributed by atoms with E-state index in [2.05, 4.69) is 35.5 Å². The van der Waals surface area contributed by atoms with E-state index in [1.807, 2.05) is 12.1 Å². The molecular weight excluding hydrogens is 461 g/mol. The summed E-state index contributed by atoms with van der Waals surface area (Å²) < 4.78 is 19.3. The first-order valence-electron chi connectivity index (χ1n) is 10.4. The van der Waals surface area contributed by atoms with Crippen molar-refractivity contribution in [3.8, 4) is 11.5 Å². The van der Waals surface area contributed by atoms with Crippen LogP contribution in [0.25, 0.3) is 22.6 Å². The van der Waals surface area contributed by atoms with E-state index in [9.17, 15) is 9.18 Å². The molecule has 0 saturated heterocycles. The molecule has 0 fully saturated rings. The van der Waals surface area contributed by atoms with Crippen LogP contribution in [0.1, 0.15) is 42.1 Å². The van der Waals surface area contributed by atoms with Gasteiger partial charge in [0.05, 0.1) is 10.7 Å². The minimum Gasteiger partial charge on any atom is -0.436 e. The molecular formula is C25H21ClFN3O2S. The second kappa shape index (κ2) is 9.68. The average Bonchev–Trinajstić information content (AvgIpc) is 3.23. The standard InChI is InChI=1S/C25H21ClFN3O2S/c1-3-14(2)15-8-10-22-21(12-15)28-24(32-22)17-7-9-19(26)20(13-17)29-25(33)30-23(31)16-5-4-6-18(27)11-16/h4-14H,3H2,1-2H3,(H2,29,30,31,33)/t14-/m1/s1. The van der Waals surface area contributed by atoms with Crippen LogP contribution in [0.5, 0.6) is 0 Å². The SMILES string of the molecule is CC[C@@H](C)c1ccc2oc(-c3ccc(Cl)c(NC(=S)NC(=O)c4cccc(F)c4)c3)nc2c1. The molecule has 0 aliphatic heterocycles. The van der Waals surface area contributed by atoms with Crippen molar-refractivity contribution in [2.75, 3.05) is 5.32 Å². The summed E-state index contributed by atoms with van der Waals surface area (Å²) in [6, 6.07) is 16.6. The molecule has 0 spiro atoms. The van der Waals surface area contributed by atoms with Gasteiger partial charge in [0.1, 0.15) is 11.3 Å². The Balaban J connectivity index is 1.54. The monoisotopic (exact) mass is 481 g/mol. The van der Waals surface area contributed by atoms with Crippen LogP contribution >= 0.6 is 23.8 Å². The molecule has 2 N–H and O–H groups in total. The highest BCUT2D eigenvalue weighted by Gasteiger charge is 2.14. The number of rotatable bonds is 5. The van der Waals surface area contributed by atoms with Crippen LogP contribution in [0.15, 0.2) is 65.1 Å². The Kier molecular flexibility index (Phi) is 6.72. The maximum Gasteiger partial charge on any atom is 0.257 e. The summed E-state index contributed by atoms with van der Waals surface area (Å²) in [5, 5.41) is 5.85. The van der Waals surface area contributed by atoms with Gasteiger partial charge in [-0.15, -0.1) is 0 Å². The van der Waals surface area contributed by atoms with E-state index in [1.54, 1.807) is 18.2 Å². The third-order valence-electron chi connectivity index (χ3n) is 5.37. The van der Waals surface area contributed by atoms with Gasteiger partial charge in [-0.1, -0.05) is 37.6 Å². The molecule has 8 heteroatoms. The molecule has 5 nitrogen and oxygen atoms in total. The number of oxazole rings is 1. The van der Waals surface area contributed by atoms with E-state index in [0.29, 0.717) is 33.7 Å². The van der Waals surface area contributed by atoms with Gasteiger partial charge in [-0.25, -0.2) is 9.37 Å². The fourth-order valence-corrected chi connectivity index (χ4v) is 3.69. The summed E-state index contributed by atoms with van der Waals surface area (Å²) in [6.45, 7) is 4.32. The zero-order valence-corrected chi connectivity index (χ0v) is 19.6. The number of anilines is 1. The van der Waals surface area contributed by atoms with Crippen molar-refractivity contribution >= 4 is 51.6 Å². The van der Waals surface area contributed by atoms with E-state index in [4.69, 9.17) is 28.2 Å². The Hall–Kier alpha value is -3.29. The zero-order valence-electron chi connectivity index (χ0n) is 18.0. The van der Waals surface area contributed by atoms with Crippen LogP contribution in [-0.4, -0.2) is 16.0 Å². The van der Waals surface area contributed by atoms with Gasteiger partial charge < -0.3 is 9.73 Å². The van der Waals surface area contributed by atoms with Crippen molar-refractivity contribution in [1.29, 1.82) is 0 Å². The summed E-state index contributed by atoms with van der Waals surface area (Å²) in [5.74, 6) is -0.160. The summed E-state index contributed by atoms with van der Waals surface area (Å²) in [7, 11) is 0. The van der Waals surface area contributed by atoms with E-state index in [-0.39, 0.29) is 10.7 Å². The fourth-order valence-electron chi connectivity index (χ4n) is 3.32. The predicted molar refractivity (Wildman–Crippen MR) is 133 cm³/mol. The third-order valence-corrected chi connectivity index (χ3v) is 5.90. The minimum atomic E-state index is -0.532. The summed E-state index contributed by atoms with van der Waals surface area (Å²) in [6.07, 6.45) is 1.04. The third kappa shape index (κ3) is 5.21. The first kappa shape index (κ1) is 22.9. The highest BCUT2D eigenvalue weighted by Crippen LogP contribution is 2.31. The maximum atomic E-state index is 13.4. The van der Waals surface area contributed by atoms with Crippen molar-refractivity contribution in [3.63, 3.8) is 0 Å². The Morgan fingerprint density at radius 2 is 2.00 bits per heavy atom. The number of fused-ring (bicyclic) bond motifs is 1. The van der Waals surface area contributed by atoms with E-state index >= 15 is 0 Å². The molecule has 0 aliphatic carbocycles. The molecule has 0 aliphatic rings. The largest absolute Gasteiger partial charge is 0.436 e. The van der Waals surface area contributed by atoms with Crippen LogP contribution in [-0.2, 0) is 0 Å². The molecule has 168 valence electrons. The van der Waals surface area contributed by atoms with Gasteiger partial charge in [-0.3, -0.25) is 10.1 Å². The van der Waals surface area contributed by atoms with Crippen molar-refractivity contribution < 1.29 is 13.6 Å². The van der Waals surface area contributed by atoms with Gasteiger partial charge >= 0.3 is 0 Å². The minimum absolute atomic E-state index is 0.0269. The number of hydrogen-bond donors (Lipinski definition) is 2. The molecule has 1 aromatic heterocycles. The molecule has 1 heterocycles. The fraction of sp³-hybridized carbons (Fsp3) is 0.160. The number of thiocarbonyl (C=S) groups is 1. The Morgan fingerprint density at radius 3 is 2.76 bits per heavy atom. The van der Waals surface area contributed by atoms with Crippen molar-refractivity contribution in [3.05, 3.63) is 82.6 Å². The lowest BCUT2D eigenvalue weighted by Gasteiger charge is -2.12. The molecule has 3 aromatic carbocycles.